The first kappa shape index (κ1) is 15.4. The summed E-state index contributed by atoms with van der Waals surface area (Å²) in [7, 11) is 0. The summed E-state index contributed by atoms with van der Waals surface area (Å²) in [4.78, 5) is 0. The molecule has 2 aromatic carbocycles. The van der Waals surface area contributed by atoms with Crippen LogP contribution in [0.3, 0.4) is 0 Å². The van der Waals surface area contributed by atoms with E-state index in [1.165, 1.54) is 11.1 Å². The van der Waals surface area contributed by atoms with E-state index in [1.54, 1.807) is 6.07 Å². The average molecular weight is 308 g/mol. The highest BCUT2D eigenvalue weighted by Gasteiger charge is 2.14. The van der Waals surface area contributed by atoms with Crippen LogP contribution < -0.4 is 5.32 Å². The molecule has 0 aliphatic carbocycles. The third kappa shape index (κ3) is 3.76. The van der Waals surface area contributed by atoms with E-state index in [-0.39, 0.29) is 6.04 Å². The van der Waals surface area contributed by atoms with Crippen molar-refractivity contribution in [2.45, 2.75) is 26.3 Å². The Kier molecular flexibility index (Phi) is 5.47. The second kappa shape index (κ2) is 7.12. The average Bonchev–Trinajstić information content (AvgIpc) is 2.44. The van der Waals surface area contributed by atoms with E-state index >= 15 is 0 Å². The Morgan fingerprint density at radius 3 is 2.00 bits per heavy atom. The summed E-state index contributed by atoms with van der Waals surface area (Å²) in [6, 6.07) is 14.5. The molecule has 1 atom stereocenters. The van der Waals surface area contributed by atoms with Gasteiger partial charge in [0.25, 0.3) is 0 Å². The summed E-state index contributed by atoms with van der Waals surface area (Å²) in [6.45, 7) is 5.14. The molecule has 2 rings (SSSR count). The molecule has 0 bridgehead atoms. The molecule has 0 aromatic heterocycles. The molecule has 0 saturated carbocycles. The second-order valence-electron chi connectivity index (χ2n) is 4.79. The van der Waals surface area contributed by atoms with Crippen LogP contribution in [0.1, 0.15) is 36.6 Å². The van der Waals surface area contributed by atoms with Crippen molar-refractivity contribution in [2.75, 3.05) is 6.54 Å². The van der Waals surface area contributed by atoms with Crippen molar-refractivity contribution < 1.29 is 0 Å². The van der Waals surface area contributed by atoms with Crippen LogP contribution in [-0.2, 0) is 6.42 Å². The summed E-state index contributed by atoms with van der Waals surface area (Å²) < 4.78 is 0. The molecule has 0 radical (unpaired) electrons. The Bertz CT molecular complexity index is 543. The third-order valence-electron chi connectivity index (χ3n) is 3.35. The molecule has 0 aliphatic rings. The Labute approximate surface area is 130 Å². The molecule has 106 valence electrons. The van der Waals surface area contributed by atoms with Gasteiger partial charge in [-0.1, -0.05) is 61.3 Å². The van der Waals surface area contributed by atoms with Crippen molar-refractivity contribution in [3.63, 3.8) is 0 Å². The Balaban J connectivity index is 2.38. The van der Waals surface area contributed by atoms with Crippen LogP contribution in [0, 0.1) is 0 Å². The van der Waals surface area contributed by atoms with Crippen molar-refractivity contribution in [1.82, 2.24) is 5.32 Å². The summed E-state index contributed by atoms with van der Waals surface area (Å²) in [5, 5.41) is 4.82. The predicted molar refractivity (Wildman–Crippen MR) is 87.8 cm³/mol. The van der Waals surface area contributed by atoms with E-state index < -0.39 is 0 Å². The summed E-state index contributed by atoms with van der Waals surface area (Å²) in [5.74, 6) is 0. The number of hydrogen-bond acceptors (Lipinski definition) is 1. The zero-order chi connectivity index (χ0) is 14.5. The van der Waals surface area contributed by atoms with Gasteiger partial charge in [0.15, 0.2) is 0 Å². The lowest BCUT2D eigenvalue weighted by molar-refractivity contribution is 0.630. The molecule has 1 nitrogen and oxygen atoms in total. The van der Waals surface area contributed by atoms with Gasteiger partial charge in [-0.2, -0.15) is 0 Å². The second-order valence-corrected chi connectivity index (χ2v) is 5.66. The summed E-state index contributed by atoms with van der Waals surface area (Å²) >= 11 is 12.2. The van der Waals surface area contributed by atoms with Crippen molar-refractivity contribution >= 4 is 23.2 Å². The van der Waals surface area contributed by atoms with E-state index in [1.807, 2.05) is 12.1 Å². The molecule has 0 saturated heterocycles. The van der Waals surface area contributed by atoms with Gasteiger partial charge in [0.2, 0.25) is 0 Å². The number of nitrogens with one attached hydrogen (secondary N) is 1. The molecule has 2 aromatic rings. The molecule has 1 unspecified atom stereocenters. The van der Waals surface area contributed by atoms with Crippen LogP contribution in [0.15, 0.2) is 42.5 Å². The lowest BCUT2D eigenvalue weighted by atomic mass is 9.97. The van der Waals surface area contributed by atoms with Crippen molar-refractivity contribution in [3.05, 3.63) is 69.2 Å². The maximum absolute atomic E-state index is 6.12. The van der Waals surface area contributed by atoms with Gasteiger partial charge >= 0.3 is 0 Å². The van der Waals surface area contributed by atoms with E-state index in [9.17, 15) is 0 Å². The van der Waals surface area contributed by atoms with E-state index in [2.05, 4.69) is 43.4 Å². The van der Waals surface area contributed by atoms with Crippen LogP contribution in [-0.4, -0.2) is 6.54 Å². The quantitative estimate of drug-likeness (QED) is 0.795. The standard InChI is InChI=1S/C17H19Cl2N/c1-3-12-5-7-13(8-6-12)17(20-4-2)14-9-15(18)11-16(19)10-14/h5-11,17,20H,3-4H2,1-2H3. The van der Waals surface area contributed by atoms with Crippen LogP contribution in [0.25, 0.3) is 0 Å². The maximum Gasteiger partial charge on any atom is 0.0577 e. The number of benzene rings is 2. The maximum atomic E-state index is 6.12. The third-order valence-corrected chi connectivity index (χ3v) is 3.78. The van der Waals surface area contributed by atoms with Gasteiger partial charge in [0.1, 0.15) is 0 Å². The normalized spacial score (nSPS) is 12.4. The van der Waals surface area contributed by atoms with E-state index in [4.69, 9.17) is 23.2 Å². The fourth-order valence-corrected chi connectivity index (χ4v) is 2.86. The molecule has 20 heavy (non-hydrogen) atoms. The van der Waals surface area contributed by atoms with E-state index in [0.717, 1.165) is 18.5 Å². The van der Waals surface area contributed by atoms with Gasteiger partial charge in [-0.3, -0.25) is 0 Å². The molecule has 0 spiro atoms. The highest BCUT2D eigenvalue weighted by Crippen LogP contribution is 2.28. The Hall–Kier alpha value is -1.02. The van der Waals surface area contributed by atoms with Gasteiger partial charge in [0, 0.05) is 10.0 Å². The van der Waals surface area contributed by atoms with E-state index in [0.29, 0.717) is 10.0 Å². The molecular formula is C17H19Cl2N. The van der Waals surface area contributed by atoms with Gasteiger partial charge < -0.3 is 5.32 Å². The topological polar surface area (TPSA) is 12.0 Å². The van der Waals surface area contributed by atoms with Crippen LogP contribution in [0.5, 0.6) is 0 Å². The molecule has 0 fully saturated rings. The zero-order valence-corrected chi connectivity index (χ0v) is 13.3. The number of aryl methyl sites for hydroxylation is 1. The minimum Gasteiger partial charge on any atom is -0.307 e. The minimum atomic E-state index is 0.113. The summed E-state index contributed by atoms with van der Waals surface area (Å²) in [5.41, 5.74) is 3.66. The molecule has 0 heterocycles. The fraction of sp³-hybridized carbons (Fsp3) is 0.294. The highest BCUT2D eigenvalue weighted by atomic mass is 35.5. The van der Waals surface area contributed by atoms with Gasteiger partial charge in [-0.15, -0.1) is 0 Å². The smallest absolute Gasteiger partial charge is 0.0577 e. The number of hydrogen-bond donors (Lipinski definition) is 1. The van der Waals surface area contributed by atoms with Gasteiger partial charge in [-0.25, -0.2) is 0 Å². The van der Waals surface area contributed by atoms with Crippen molar-refractivity contribution in [3.8, 4) is 0 Å². The molecule has 0 amide bonds. The van der Waals surface area contributed by atoms with Gasteiger partial charge in [0.05, 0.1) is 6.04 Å². The summed E-state index contributed by atoms with van der Waals surface area (Å²) in [6.07, 6.45) is 1.05. The SMILES string of the molecule is CCNC(c1ccc(CC)cc1)c1cc(Cl)cc(Cl)c1. The number of rotatable bonds is 5. The van der Waals surface area contributed by atoms with Gasteiger partial charge in [-0.05, 0) is 47.9 Å². The molecule has 0 aliphatic heterocycles. The fourth-order valence-electron chi connectivity index (χ4n) is 2.32. The monoisotopic (exact) mass is 307 g/mol. The first-order valence-corrected chi connectivity index (χ1v) is 7.67. The van der Waals surface area contributed by atoms with Crippen LogP contribution in [0.2, 0.25) is 10.0 Å². The van der Waals surface area contributed by atoms with Crippen molar-refractivity contribution in [2.24, 2.45) is 0 Å². The molecular weight excluding hydrogens is 289 g/mol. The Morgan fingerprint density at radius 1 is 0.900 bits per heavy atom. The van der Waals surface area contributed by atoms with Crippen LogP contribution >= 0.6 is 23.2 Å². The minimum absolute atomic E-state index is 0.113. The zero-order valence-electron chi connectivity index (χ0n) is 11.8. The predicted octanol–water partition coefficient (Wildman–Crippen LogP) is 5.25. The largest absolute Gasteiger partial charge is 0.307 e. The highest BCUT2D eigenvalue weighted by molar-refractivity contribution is 6.34. The first-order chi connectivity index (χ1) is 9.63. The molecule has 1 N–H and O–H groups in total. The first-order valence-electron chi connectivity index (χ1n) is 6.92. The van der Waals surface area contributed by atoms with Crippen molar-refractivity contribution in [1.29, 1.82) is 0 Å². The number of halogens is 2. The van der Waals surface area contributed by atoms with Crippen LogP contribution in [0.4, 0.5) is 0 Å². The Morgan fingerprint density at radius 2 is 1.50 bits per heavy atom. The lowest BCUT2D eigenvalue weighted by Gasteiger charge is -2.20. The lowest BCUT2D eigenvalue weighted by Crippen LogP contribution is -2.22. The molecule has 3 heteroatoms.